The predicted octanol–water partition coefficient (Wildman–Crippen LogP) is -0.355. The maximum Gasteiger partial charge on any atom is 0.225 e. The minimum absolute atomic E-state index is 0.360. The van der Waals surface area contributed by atoms with Crippen molar-refractivity contribution in [2.45, 2.75) is 39.5 Å². The average molecular weight is 255 g/mol. The number of hydrogen-bond acceptors (Lipinski definition) is 3. The van der Waals surface area contributed by atoms with E-state index in [9.17, 15) is 14.4 Å². The molecule has 2 atom stereocenters. The summed E-state index contributed by atoms with van der Waals surface area (Å²) in [4.78, 5) is 35.1. The summed E-state index contributed by atoms with van der Waals surface area (Å²) >= 11 is 0. The highest BCUT2D eigenvalue weighted by Crippen LogP contribution is 2.73. The van der Waals surface area contributed by atoms with Gasteiger partial charge in [-0.15, -0.1) is 0 Å². The normalized spacial score (nSPS) is 34.0. The van der Waals surface area contributed by atoms with Gasteiger partial charge in [-0.25, -0.2) is 0 Å². The molecule has 2 unspecified atom stereocenters. The van der Waals surface area contributed by atoms with Gasteiger partial charge in [-0.1, -0.05) is 26.7 Å². The number of hydrogen-bond donors (Lipinski definition) is 3. The summed E-state index contributed by atoms with van der Waals surface area (Å²) in [6.07, 6.45) is 1.98. The monoisotopic (exact) mass is 255 g/mol. The van der Waals surface area contributed by atoms with Crippen molar-refractivity contribution in [3.63, 3.8) is 0 Å². The fourth-order valence-electron chi connectivity index (χ4n) is 3.58. The van der Waals surface area contributed by atoms with Crippen LogP contribution in [0.3, 0.4) is 0 Å². The van der Waals surface area contributed by atoms with Gasteiger partial charge in [-0.3, -0.25) is 14.4 Å². The molecule has 0 heterocycles. The van der Waals surface area contributed by atoms with Gasteiger partial charge in [0, 0.05) is 0 Å². The van der Waals surface area contributed by atoms with Gasteiger partial charge in [0.15, 0.2) is 0 Å². The second-order valence-electron chi connectivity index (χ2n) is 5.01. The molecule has 1 aliphatic rings. The zero-order chi connectivity index (χ0) is 14.1. The molecule has 0 spiro atoms. The summed E-state index contributed by atoms with van der Waals surface area (Å²) < 4.78 is 0. The highest BCUT2D eigenvalue weighted by Gasteiger charge is 2.83. The summed E-state index contributed by atoms with van der Waals surface area (Å²) in [5.74, 6) is -2.84. The van der Waals surface area contributed by atoms with Crippen molar-refractivity contribution in [1.82, 2.24) is 0 Å². The lowest BCUT2D eigenvalue weighted by molar-refractivity contribution is -0.132. The molecule has 102 valence electrons. The van der Waals surface area contributed by atoms with E-state index in [-0.39, 0.29) is 0 Å². The van der Waals surface area contributed by atoms with E-state index in [4.69, 9.17) is 17.2 Å². The summed E-state index contributed by atoms with van der Waals surface area (Å²) in [6.45, 7) is 3.72. The molecule has 3 amide bonds. The van der Waals surface area contributed by atoms with Gasteiger partial charge >= 0.3 is 0 Å². The molecule has 6 nitrogen and oxygen atoms in total. The molecule has 0 radical (unpaired) electrons. The van der Waals surface area contributed by atoms with Crippen LogP contribution in [0.1, 0.15) is 39.5 Å². The van der Waals surface area contributed by atoms with Gasteiger partial charge in [0.2, 0.25) is 17.7 Å². The molecule has 1 saturated carbocycles. The van der Waals surface area contributed by atoms with Gasteiger partial charge in [0.1, 0.15) is 0 Å². The standard InChI is InChI=1S/C12H21N3O3/c1-3-5-11(9(14)17)7(8(13)16)12(11,6-4-2)10(15)18/h7H,3-6H2,1-2H3,(H2,13,16)(H2,14,17)(H2,15,18). The molecule has 0 aromatic rings. The molecule has 0 aromatic carbocycles. The van der Waals surface area contributed by atoms with Crippen LogP contribution >= 0.6 is 0 Å². The third-order valence-corrected chi connectivity index (χ3v) is 4.15. The summed E-state index contributed by atoms with van der Waals surface area (Å²) in [5.41, 5.74) is 13.8. The van der Waals surface area contributed by atoms with E-state index >= 15 is 0 Å². The second-order valence-corrected chi connectivity index (χ2v) is 5.01. The Balaban J connectivity index is 3.34. The van der Waals surface area contributed by atoms with Crippen molar-refractivity contribution >= 4 is 17.7 Å². The number of carbonyl (C=O) groups is 3. The van der Waals surface area contributed by atoms with Crippen LogP contribution in [0.15, 0.2) is 0 Å². The van der Waals surface area contributed by atoms with E-state index in [2.05, 4.69) is 0 Å². The summed E-state index contributed by atoms with van der Waals surface area (Å²) in [6, 6.07) is 0. The number of rotatable bonds is 7. The number of nitrogens with two attached hydrogens (primary N) is 3. The van der Waals surface area contributed by atoms with E-state index < -0.39 is 34.5 Å². The van der Waals surface area contributed by atoms with Crippen LogP contribution in [0.4, 0.5) is 0 Å². The molecule has 0 aliphatic heterocycles. The molecular weight excluding hydrogens is 234 g/mol. The molecule has 0 bridgehead atoms. The zero-order valence-corrected chi connectivity index (χ0v) is 10.9. The molecule has 0 saturated heterocycles. The van der Waals surface area contributed by atoms with E-state index in [1.807, 2.05) is 13.8 Å². The second kappa shape index (κ2) is 4.59. The summed E-state index contributed by atoms with van der Waals surface area (Å²) in [7, 11) is 0. The van der Waals surface area contributed by atoms with E-state index in [1.165, 1.54) is 0 Å². The Labute approximate surface area is 106 Å². The van der Waals surface area contributed by atoms with Crippen molar-refractivity contribution < 1.29 is 14.4 Å². The Morgan fingerprint density at radius 3 is 1.39 bits per heavy atom. The lowest BCUT2D eigenvalue weighted by Crippen LogP contribution is -2.37. The zero-order valence-electron chi connectivity index (χ0n) is 10.9. The Kier molecular flexibility index (Phi) is 3.69. The lowest BCUT2D eigenvalue weighted by atomic mass is 9.84. The maximum absolute atomic E-state index is 11.8. The predicted molar refractivity (Wildman–Crippen MR) is 65.8 cm³/mol. The molecule has 6 heteroatoms. The molecule has 6 N–H and O–H groups in total. The topological polar surface area (TPSA) is 129 Å². The number of primary amides is 3. The Morgan fingerprint density at radius 1 is 0.889 bits per heavy atom. The highest BCUT2D eigenvalue weighted by atomic mass is 16.2. The molecule has 1 aliphatic carbocycles. The quantitative estimate of drug-likeness (QED) is 0.574. The first-order chi connectivity index (χ1) is 8.32. The van der Waals surface area contributed by atoms with Crippen LogP contribution in [-0.4, -0.2) is 17.7 Å². The largest absolute Gasteiger partial charge is 0.369 e. The van der Waals surface area contributed by atoms with Crippen molar-refractivity contribution in [3.8, 4) is 0 Å². The highest BCUT2D eigenvalue weighted by molar-refractivity contribution is 6.07. The van der Waals surface area contributed by atoms with Crippen molar-refractivity contribution in [1.29, 1.82) is 0 Å². The van der Waals surface area contributed by atoms with Crippen LogP contribution < -0.4 is 17.2 Å². The maximum atomic E-state index is 11.8. The van der Waals surface area contributed by atoms with E-state index in [0.717, 1.165) is 0 Å². The Hall–Kier alpha value is -1.59. The van der Waals surface area contributed by atoms with Gasteiger partial charge < -0.3 is 17.2 Å². The van der Waals surface area contributed by atoms with Crippen molar-refractivity contribution in [2.24, 2.45) is 33.9 Å². The molecule has 18 heavy (non-hydrogen) atoms. The van der Waals surface area contributed by atoms with Gasteiger partial charge in [0.05, 0.1) is 16.7 Å². The minimum atomic E-state index is -1.19. The molecular formula is C12H21N3O3. The van der Waals surface area contributed by atoms with Crippen molar-refractivity contribution in [2.75, 3.05) is 0 Å². The van der Waals surface area contributed by atoms with Crippen LogP contribution in [0.5, 0.6) is 0 Å². The Morgan fingerprint density at radius 2 is 1.22 bits per heavy atom. The van der Waals surface area contributed by atoms with Gasteiger partial charge in [0.25, 0.3) is 0 Å². The van der Waals surface area contributed by atoms with Crippen molar-refractivity contribution in [3.05, 3.63) is 0 Å². The third kappa shape index (κ3) is 1.51. The number of amides is 3. The fraction of sp³-hybridized carbons (Fsp3) is 0.750. The molecule has 1 fully saturated rings. The SMILES string of the molecule is CCCC1(C(N)=O)C(C(N)=O)C1(CCC)C(N)=O. The number of carbonyl (C=O) groups excluding carboxylic acids is 3. The Bertz CT molecular complexity index is 366. The third-order valence-electron chi connectivity index (χ3n) is 4.15. The first-order valence-electron chi connectivity index (χ1n) is 6.22. The first kappa shape index (κ1) is 14.5. The smallest absolute Gasteiger partial charge is 0.225 e. The van der Waals surface area contributed by atoms with Gasteiger partial charge in [-0.05, 0) is 12.8 Å². The fourth-order valence-corrected chi connectivity index (χ4v) is 3.58. The summed E-state index contributed by atoms with van der Waals surface area (Å²) in [5, 5.41) is 0. The minimum Gasteiger partial charge on any atom is -0.369 e. The molecule has 1 rings (SSSR count). The van der Waals surface area contributed by atoms with Crippen LogP contribution in [0.25, 0.3) is 0 Å². The lowest BCUT2D eigenvalue weighted by Gasteiger charge is -2.19. The van der Waals surface area contributed by atoms with Crippen LogP contribution in [0.2, 0.25) is 0 Å². The van der Waals surface area contributed by atoms with Gasteiger partial charge in [-0.2, -0.15) is 0 Å². The van der Waals surface area contributed by atoms with E-state index in [1.54, 1.807) is 0 Å². The van der Waals surface area contributed by atoms with E-state index in [0.29, 0.717) is 25.7 Å². The average Bonchev–Trinajstić information content (AvgIpc) is 2.84. The van der Waals surface area contributed by atoms with Crippen LogP contribution in [0, 0.1) is 16.7 Å². The van der Waals surface area contributed by atoms with Crippen LogP contribution in [-0.2, 0) is 14.4 Å². The first-order valence-corrected chi connectivity index (χ1v) is 6.22. The molecule has 0 aromatic heterocycles.